The second-order valence-electron chi connectivity index (χ2n) is 6.24. The molecule has 0 bridgehead atoms. The Morgan fingerprint density at radius 2 is 1.67 bits per heavy atom. The Balaban J connectivity index is 1.73. The number of carbonyl (C=O) groups excluding carboxylic acids is 2. The van der Waals surface area contributed by atoms with Gasteiger partial charge in [0.05, 0.1) is 12.7 Å². The number of esters is 1. The minimum atomic E-state index is -0.334. The van der Waals surface area contributed by atoms with Crippen molar-refractivity contribution in [2.75, 3.05) is 23.1 Å². The van der Waals surface area contributed by atoms with Crippen molar-refractivity contribution in [2.45, 2.75) is 32.6 Å². The van der Waals surface area contributed by atoms with Crippen molar-refractivity contribution in [3.8, 4) is 0 Å². The second kappa shape index (κ2) is 8.49. The van der Waals surface area contributed by atoms with E-state index in [2.05, 4.69) is 16.0 Å². The number of thiophene rings is 1. The van der Waals surface area contributed by atoms with Crippen LogP contribution in [0.2, 0.25) is 0 Å². The van der Waals surface area contributed by atoms with Gasteiger partial charge in [0, 0.05) is 23.2 Å². The Morgan fingerprint density at radius 1 is 1.04 bits per heavy atom. The molecule has 0 radical (unpaired) electrons. The van der Waals surface area contributed by atoms with Crippen molar-refractivity contribution in [1.29, 1.82) is 0 Å². The third-order valence-corrected chi connectivity index (χ3v) is 5.66. The highest BCUT2D eigenvalue weighted by molar-refractivity contribution is 7.80. The van der Waals surface area contributed by atoms with Crippen molar-refractivity contribution in [3.63, 3.8) is 0 Å². The van der Waals surface area contributed by atoms with Crippen LogP contribution in [0.5, 0.6) is 0 Å². The molecule has 3 N–H and O–H groups in total. The van der Waals surface area contributed by atoms with Gasteiger partial charge in [-0.25, -0.2) is 4.79 Å². The van der Waals surface area contributed by atoms with Crippen molar-refractivity contribution >= 4 is 56.9 Å². The summed E-state index contributed by atoms with van der Waals surface area (Å²) >= 11 is 6.97. The van der Waals surface area contributed by atoms with Gasteiger partial charge in [-0.15, -0.1) is 11.3 Å². The molecule has 1 aliphatic carbocycles. The van der Waals surface area contributed by atoms with E-state index in [9.17, 15) is 9.59 Å². The van der Waals surface area contributed by atoms with Crippen molar-refractivity contribution < 1.29 is 14.3 Å². The molecule has 2 aromatic rings. The summed E-state index contributed by atoms with van der Waals surface area (Å²) in [5, 5.41) is 10.1. The third kappa shape index (κ3) is 4.64. The quantitative estimate of drug-likeness (QED) is 0.525. The predicted octanol–water partition coefficient (Wildman–Crippen LogP) is 4.18. The third-order valence-electron chi connectivity index (χ3n) is 4.25. The van der Waals surface area contributed by atoms with Gasteiger partial charge in [0.1, 0.15) is 5.00 Å². The van der Waals surface area contributed by atoms with E-state index in [0.29, 0.717) is 16.4 Å². The minimum Gasteiger partial charge on any atom is -0.465 e. The van der Waals surface area contributed by atoms with Crippen LogP contribution in [0.15, 0.2) is 24.3 Å². The smallest absolute Gasteiger partial charge is 0.341 e. The molecule has 0 unspecified atom stereocenters. The van der Waals surface area contributed by atoms with Crippen molar-refractivity contribution in [1.82, 2.24) is 0 Å². The molecule has 1 heterocycles. The normalized spacial score (nSPS) is 12.7. The van der Waals surface area contributed by atoms with Gasteiger partial charge in [-0.05, 0) is 67.7 Å². The monoisotopic (exact) mass is 403 g/mol. The standard InChI is InChI=1S/C19H21N3O3S2/c1-11(23)20-12-7-9-13(10-8-12)21-19(26)22-17-16(18(24)25-2)14-5-3-4-6-15(14)27-17/h7-10H,3-6H2,1-2H3,(H,20,23)(H2,21,22,26). The Bertz CT molecular complexity index is 875. The number of anilines is 3. The number of hydrogen-bond donors (Lipinski definition) is 3. The van der Waals surface area contributed by atoms with E-state index < -0.39 is 0 Å². The maximum absolute atomic E-state index is 12.3. The molecule has 0 spiro atoms. The van der Waals surface area contributed by atoms with Crippen LogP contribution >= 0.6 is 23.6 Å². The summed E-state index contributed by atoms with van der Waals surface area (Å²) in [4.78, 5) is 24.6. The fourth-order valence-corrected chi connectivity index (χ4v) is 4.64. The molecule has 1 amide bonds. The molecule has 0 fully saturated rings. The first-order chi connectivity index (χ1) is 13.0. The zero-order chi connectivity index (χ0) is 19.4. The zero-order valence-electron chi connectivity index (χ0n) is 15.2. The molecule has 6 nitrogen and oxygen atoms in total. The van der Waals surface area contributed by atoms with E-state index >= 15 is 0 Å². The Kier molecular flexibility index (Phi) is 6.08. The summed E-state index contributed by atoms with van der Waals surface area (Å²) in [6.45, 7) is 1.46. The first-order valence-electron chi connectivity index (χ1n) is 8.66. The zero-order valence-corrected chi connectivity index (χ0v) is 16.8. The highest BCUT2D eigenvalue weighted by Gasteiger charge is 2.26. The molecule has 0 atom stereocenters. The Morgan fingerprint density at radius 3 is 2.30 bits per heavy atom. The first-order valence-corrected chi connectivity index (χ1v) is 9.89. The van der Waals surface area contributed by atoms with Crippen molar-refractivity contribution in [2.24, 2.45) is 0 Å². The lowest BCUT2D eigenvalue weighted by Gasteiger charge is -2.13. The molecule has 0 aliphatic heterocycles. The Hall–Kier alpha value is -2.45. The maximum Gasteiger partial charge on any atom is 0.341 e. The van der Waals surface area contributed by atoms with E-state index in [-0.39, 0.29) is 11.9 Å². The molecule has 1 aromatic carbocycles. The van der Waals surface area contributed by atoms with E-state index in [1.807, 2.05) is 12.1 Å². The summed E-state index contributed by atoms with van der Waals surface area (Å²) in [7, 11) is 1.40. The van der Waals surface area contributed by atoms with Crippen LogP contribution in [0.4, 0.5) is 16.4 Å². The van der Waals surface area contributed by atoms with Crippen LogP contribution in [0, 0.1) is 0 Å². The number of benzene rings is 1. The fraction of sp³-hybridized carbons (Fsp3) is 0.316. The SMILES string of the molecule is COC(=O)c1c(NC(=S)Nc2ccc(NC(C)=O)cc2)sc2c1CCCC2. The summed E-state index contributed by atoms with van der Waals surface area (Å²) in [5.41, 5.74) is 3.18. The van der Waals surface area contributed by atoms with E-state index in [1.54, 1.807) is 23.5 Å². The molecule has 0 saturated carbocycles. The summed E-state index contributed by atoms with van der Waals surface area (Å²) in [6.07, 6.45) is 4.09. The maximum atomic E-state index is 12.3. The molecule has 27 heavy (non-hydrogen) atoms. The average molecular weight is 404 g/mol. The number of fused-ring (bicyclic) bond motifs is 1. The van der Waals surface area contributed by atoms with Gasteiger partial charge in [0.25, 0.3) is 0 Å². The number of carbonyl (C=O) groups is 2. The number of methoxy groups -OCH3 is 1. The Labute approximate surface area is 167 Å². The molecule has 1 aliphatic rings. The molecule has 0 saturated heterocycles. The van der Waals surface area contributed by atoms with Gasteiger partial charge < -0.3 is 20.7 Å². The van der Waals surface area contributed by atoms with Crippen LogP contribution in [-0.4, -0.2) is 24.1 Å². The van der Waals surface area contributed by atoms with Crippen LogP contribution in [0.25, 0.3) is 0 Å². The second-order valence-corrected chi connectivity index (χ2v) is 7.76. The van der Waals surface area contributed by atoms with Gasteiger partial charge in [0.15, 0.2) is 5.11 Å². The number of amides is 1. The van der Waals surface area contributed by atoms with Crippen LogP contribution in [0.3, 0.4) is 0 Å². The molecular weight excluding hydrogens is 382 g/mol. The van der Waals surface area contributed by atoms with Gasteiger partial charge in [-0.2, -0.15) is 0 Å². The van der Waals surface area contributed by atoms with Crippen LogP contribution < -0.4 is 16.0 Å². The number of rotatable bonds is 4. The topological polar surface area (TPSA) is 79.5 Å². The van der Waals surface area contributed by atoms with Crippen LogP contribution in [-0.2, 0) is 22.4 Å². The first kappa shape index (κ1) is 19.3. The minimum absolute atomic E-state index is 0.120. The van der Waals surface area contributed by atoms with Crippen molar-refractivity contribution in [3.05, 3.63) is 40.3 Å². The largest absolute Gasteiger partial charge is 0.465 e. The fourth-order valence-electron chi connectivity index (χ4n) is 3.08. The highest BCUT2D eigenvalue weighted by atomic mass is 32.1. The molecule has 3 rings (SSSR count). The average Bonchev–Trinajstić information content (AvgIpc) is 3.00. The predicted molar refractivity (Wildman–Crippen MR) is 113 cm³/mol. The van der Waals surface area contributed by atoms with E-state index in [0.717, 1.165) is 41.9 Å². The number of aryl methyl sites for hydroxylation is 1. The lowest BCUT2D eigenvalue weighted by atomic mass is 9.95. The molecule has 8 heteroatoms. The molecular formula is C19H21N3O3S2. The van der Waals surface area contributed by atoms with Gasteiger partial charge >= 0.3 is 5.97 Å². The summed E-state index contributed by atoms with van der Waals surface area (Å²) in [6, 6.07) is 7.21. The number of hydrogen-bond acceptors (Lipinski definition) is 5. The van der Waals surface area contributed by atoms with E-state index in [1.165, 1.54) is 18.9 Å². The highest BCUT2D eigenvalue weighted by Crippen LogP contribution is 2.38. The lowest BCUT2D eigenvalue weighted by molar-refractivity contribution is -0.114. The lowest BCUT2D eigenvalue weighted by Crippen LogP contribution is -2.20. The van der Waals surface area contributed by atoms with Gasteiger partial charge in [0.2, 0.25) is 5.91 Å². The van der Waals surface area contributed by atoms with Gasteiger partial charge in [-0.1, -0.05) is 0 Å². The summed E-state index contributed by atoms with van der Waals surface area (Å²) in [5.74, 6) is -0.454. The van der Waals surface area contributed by atoms with Crippen LogP contribution in [0.1, 0.15) is 40.6 Å². The molecule has 142 valence electrons. The number of thiocarbonyl (C=S) groups is 1. The number of nitrogens with one attached hydrogen (secondary N) is 3. The van der Waals surface area contributed by atoms with Gasteiger partial charge in [-0.3, -0.25) is 4.79 Å². The number of ether oxygens (including phenoxy) is 1. The van der Waals surface area contributed by atoms with E-state index in [4.69, 9.17) is 17.0 Å². The molecule has 1 aromatic heterocycles. The summed E-state index contributed by atoms with van der Waals surface area (Å²) < 4.78 is 4.98.